The van der Waals surface area contributed by atoms with E-state index in [1.54, 1.807) is 6.20 Å². The van der Waals surface area contributed by atoms with Gasteiger partial charge in [-0.2, -0.15) is 0 Å². The summed E-state index contributed by atoms with van der Waals surface area (Å²) in [5, 5.41) is 20.8. The van der Waals surface area contributed by atoms with Crippen LogP contribution in [0.2, 0.25) is 0 Å². The predicted octanol–water partition coefficient (Wildman–Crippen LogP) is -0.401. The molecule has 112 valence electrons. The molecule has 1 aromatic heterocycles. The molecule has 0 saturated heterocycles. The summed E-state index contributed by atoms with van der Waals surface area (Å²) in [7, 11) is 0. The molecule has 2 rings (SSSR count). The van der Waals surface area contributed by atoms with E-state index in [-0.39, 0.29) is 6.42 Å². The number of benzene rings is 1. The lowest BCUT2D eigenvalue weighted by Crippen LogP contribution is -2.50. The molecule has 0 spiro atoms. The first-order chi connectivity index (χ1) is 10.0. The van der Waals surface area contributed by atoms with Gasteiger partial charge in [0.2, 0.25) is 5.91 Å². The molecule has 0 fully saturated rings. The Kier molecular flexibility index (Phi) is 4.56. The van der Waals surface area contributed by atoms with Crippen molar-refractivity contribution in [2.24, 2.45) is 5.73 Å². The number of carboxylic acid groups (broad SMARTS) is 1. The van der Waals surface area contributed by atoms with Gasteiger partial charge in [-0.05, 0) is 18.1 Å². The van der Waals surface area contributed by atoms with E-state index >= 15 is 0 Å². The first-order valence-corrected chi connectivity index (χ1v) is 6.47. The van der Waals surface area contributed by atoms with E-state index in [0.29, 0.717) is 0 Å². The number of hydrogen-bond donors (Lipinski definition) is 5. The first kappa shape index (κ1) is 15.0. The number of aromatic amines is 1. The molecule has 0 aliphatic rings. The number of carbonyl (C=O) groups is 2. The molecule has 0 bridgehead atoms. The maximum atomic E-state index is 11.9. The molecular weight excluding hydrogens is 274 g/mol. The Bertz CT molecular complexity index is 652. The summed E-state index contributed by atoms with van der Waals surface area (Å²) in [5.41, 5.74) is 7.62. The minimum absolute atomic E-state index is 0.271. The lowest BCUT2D eigenvalue weighted by molar-refractivity contribution is -0.143. The standard InChI is InChI=1S/C14H17N3O4/c15-10(13(19)17-12(7-18)14(20)21)5-8-6-16-11-4-2-1-3-9(8)11/h1-4,6,10,12,16,18H,5,7,15H2,(H,17,19)(H,20,21)/t10?,12-/m1/s1. The van der Waals surface area contributed by atoms with Gasteiger partial charge in [-0.3, -0.25) is 4.79 Å². The SMILES string of the molecule is NC(Cc1c[nH]c2ccccc12)C(=O)N[C@H](CO)C(=O)O. The number of hydrogen-bond acceptors (Lipinski definition) is 4. The third kappa shape index (κ3) is 3.39. The number of aliphatic hydroxyl groups is 1. The van der Waals surface area contributed by atoms with Crippen LogP contribution < -0.4 is 11.1 Å². The number of fused-ring (bicyclic) bond motifs is 1. The smallest absolute Gasteiger partial charge is 0.328 e. The fourth-order valence-corrected chi connectivity index (χ4v) is 2.09. The van der Waals surface area contributed by atoms with Crippen molar-refractivity contribution in [1.82, 2.24) is 10.3 Å². The van der Waals surface area contributed by atoms with Crippen LogP contribution in [0.4, 0.5) is 0 Å². The zero-order valence-electron chi connectivity index (χ0n) is 11.2. The number of carbonyl (C=O) groups excluding carboxylic acids is 1. The normalized spacial score (nSPS) is 13.8. The maximum absolute atomic E-state index is 11.9. The molecule has 0 saturated carbocycles. The molecule has 0 radical (unpaired) electrons. The molecule has 2 atom stereocenters. The van der Waals surface area contributed by atoms with Crippen LogP contribution >= 0.6 is 0 Å². The highest BCUT2D eigenvalue weighted by atomic mass is 16.4. The molecule has 6 N–H and O–H groups in total. The van der Waals surface area contributed by atoms with Crippen molar-refractivity contribution in [3.63, 3.8) is 0 Å². The monoisotopic (exact) mass is 291 g/mol. The minimum atomic E-state index is -1.34. The number of amides is 1. The number of aliphatic carboxylic acids is 1. The van der Waals surface area contributed by atoms with Crippen molar-refractivity contribution < 1.29 is 19.8 Å². The molecule has 7 heteroatoms. The molecule has 0 aliphatic carbocycles. The van der Waals surface area contributed by atoms with Crippen LogP contribution in [0.1, 0.15) is 5.56 Å². The van der Waals surface area contributed by atoms with Gasteiger partial charge in [0.15, 0.2) is 0 Å². The molecule has 1 amide bonds. The minimum Gasteiger partial charge on any atom is -0.480 e. The van der Waals surface area contributed by atoms with E-state index in [1.807, 2.05) is 24.3 Å². The van der Waals surface area contributed by atoms with Crippen molar-refractivity contribution in [2.75, 3.05) is 6.61 Å². The molecule has 2 aromatic rings. The van der Waals surface area contributed by atoms with Gasteiger partial charge in [-0.25, -0.2) is 4.79 Å². The summed E-state index contributed by atoms with van der Waals surface area (Å²) in [6.07, 6.45) is 2.05. The second kappa shape index (κ2) is 6.38. The number of para-hydroxylation sites is 1. The molecule has 21 heavy (non-hydrogen) atoms. The van der Waals surface area contributed by atoms with E-state index in [0.717, 1.165) is 16.5 Å². The number of rotatable bonds is 6. The third-order valence-electron chi connectivity index (χ3n) is 3.25. The number of carboxylic acids is 1. The third-order valence-corrected chi connectivity index (χ3v) is 3.25. The Balaban J connectivity index is 2.05. The summed E-state index contributed by atoms with van der Waals surface area (Å²) >= 11 is 0. The van der Waals surface area contributed by atoms with Crippen LogP contribution in [0.5, 0.6) is 0 Å². The van der Waals surface area contributed by atoms with Crippen LogP contribution in [0.25, 0.3) is 10.9 Å². The summed E-state index contributed by atoms with van der Waals surface area (Å²) in [6.45, 7) is -0.680. The highest BCUT2D eigenvalue weighted by Gasteiger charge is 2.23. The molecule has 1 heterocycles. The van der Waals surface area contributed by atoms with Crippen molar-refractivity contribution in [1.29, 1.82) is 0 Å². The average molecular weight is 291 g/mol. The fourth-order valence-electron chi connectivity index (χ4n) is 2.09. The van der Waals surface area contributed by atoms with Crippen molar-refractivity contribution >= 4 is 22.8 Å². The van der Waals surface area contributed by atoms with Gasteiger partial charge in [0.1, 0.15) is 6.04 Å². The topological polar surface area (TPSA) is 128 Å². The second-order valence-corrected chi connectivity index (χ2v) is 4.75. The van der Waals surface area contributed by atoms with Crippen LogP contribution in [-0.4, -0.2) is 45.8 Å². The predicted molar refractivity (Wildman–Crippen MR) is 76.6 cm³/mol. The van der Waals surface area contributed by atoms with Crippen molar-refractivity contribution in [2.45, 2.75) is 18.5 Å². The van der Waals surface area contributed by atoms with Gasteiger partial charge in [0.05, 0.1) is 12.6 Å². The summed E-state index contributed by atoms with van der Waals surface area (Å²) in [6, 6.07) is 5.38. The van der Waals surface area contributed by atoms with E-state index in [2.05, 4.69) is 10.3 Å². The number of nitrogens with two attached hydrogens (primary N) is 1. The molecule has 1 unspecified atom stereocenters. The number of nitrogens with one attached hydrogen (secondary N) is 2. The lowest BCUT2D eigenvalue weighted by atomic mass is 10.0. The van der Waals surface area contributed by atoms with Crippen LogP contribution in [-0.2, 0) is 16.0 Å². The number of H-pyrrole nitrogens is 1. The Morgan fingerprint density at radius 3 is 2.71 bits per heavy atom. The Labute approximate surface area is 120 Å². The largest absolute Gasteiger partial charge is 0.480 e. The molecule has 0 aliphatic heterocycles. The highest BCUT2D eigenvalue weighted by Crippen LogP contribution is 2.18. The number of aliphatic hydroxyl groups excluding tert-OH is 1. The Hall–Kier alpha value is -2.38. The van der Waals surface area contributed by atoms with Gasteiger partial charge >= 0.3 is 5.97 Å². The van der Waals surface area contributed by atoms with Crippen LogP contribution in [0, 0.1) is 0 Å². The molecular formula is C14H17N3O4. The van der Waals surface area contributed by atoms with E-state index in [1.165, 1.54) is 0 Å². The van der Waals surface area contributed by atoms with Crippen molar-refractivity contribution in [3.8, 4) is 0 Å². The van der Waals surface area contributed by atoms with Crippen LogP contribution in [0.15, 0.2) is 30.5 Å². The summed E-state index contributed by atoms with van der Waals surface area (Å²) in [4.78, 5) is 25.7. The van der Waals surface area contributed by atoms with Gasteiger partial charge < -0.3 is 26.2 Å². The number of aromatic nitrogens is 1. The van der Waals surface area contributed by atoms with Gasteiger partial charge in [0.25, 0.3) is 0 Å². The quantitative estimate of drug-likeness (QED) is 0.494. The summed E-state index contributed by atoms with van der Waals surface area (Å²) < 4.78 is 0. The molecule has 7 nitrogen and oxygen atoms in total. The van der Waals surface area contributed by atoms with E-state index < -0.39 is 30.6 Å². The maximum Gasteiger partial charge on any atom is 0.328 e. The van der Waals surface area contributed by atoms with Crippen LogP contribution in [0.3, 0.4) is 0 Å². The van der Waals surface area contributed by atoms with Gasteiger partial charge in [0, 0.05) is 17.1 Å². The Morgan fingerprint density at radius 1 is 1.33 bits per heavy atom. The molecule has 1 aromatic carbocycles. The first-order valence-electron chi connectivity index (χ1n) is 6.47. The fraction of sp³-hybridized carbons (Fsp3) is 0.286. The highest BCUT2D eigenvalue weighted by molar-refractivity contribution is 5.88. The zero-order valence-corrected chi connectivity index (χ0v) is 11.2. The van der Waals surface area contributed by atoms with E-state index in [9.17, 15) is 9.59 Å². The lowest BCUT2D eigenvalue weighted by Gasteiger charge is -2.15. The zero-order chi connectivity index (χ0) is 15.4. The van der Waals surface area contributed by atoms with Crippen molar-refractivity contribution in [3.05, 3.63) is 36.0 Å². The van der Waals surface area contributed by atoms with E-state index in [4.69, 9.17) is 15.9 Å². The Morgan fingerprint density at radius 2 is 2.05 bits per heavy atom. The summed E-state index contributed by atoms with van der Waals surface area (Å²) in [5.74, 6) is -1.91. The average Bonchev–Trinajstić information content (AvgIpc) is 2.87. The van der Waals surface area contributed by atoms with Gasteiger partial charge in [-0.15, -0.1) is 0 Å². The second-order valence-electron chi connectivity index (χ2n) is 4.75. The van der Waals surface area contributed by atoms with Gasteiger partial charge in [-0.1, -0.05) is 18.2 Å².